The minimum absolute atomic E-state index is 0.0104. The van der Waals surface area contributed by atoms with Crippen LogP contribution in [0.25, 0.3) is 6.08 Å². The smallest absolute Gasteiger partial charge is 0.272 e. The molecule has 4 aromatic rings. The number of nitrogens with one attached hydrogen (secondary N) is 3. The molecule has 0 bridgehead atoms. The molecule has 0 aromatic heterocycles. The Morgan fingerprint density at radius 1 is 0.814 bits per heavy atom. The summed E-state index contributed by atoms with van der Waals surface area (Å²) in [5.41, 5.74) is 2.17. The van der Waals surface area contributed by atoms with E-state index in [1.165, 1.54) is 32.1 Å². The molecular formula is C33H30BrN3O5S. The molecule has 0 radical (unpaired) electrons. The van der Waals surface area contributed by atoms with Crippen LogP contribution in [0.5, 0.6) is 11.5 Å². The van der Waals surface area contributed by atoms with Crippen molar-refractivity contribution in [1.29, 1.82) is 0 Å². The third-order valence-electron chi connectivity index (χ3n) is 6.19. The minimum atomic E-state index is -0.532. The van der Waals surface area contributed by atoms with Crippen molar-refractivity contribution in [2.24, 2.45) is 0 Å². The van der Waals surface area contributed by atoms with Crippen LogP contribution in [0.15, 0.2) is 112 Å². The molecule has 43 heavy (non-hydrogen) atoms. The Kier molecular flexibility index (Phi) is 11.0. The van der Waals surface area contributed by atoms with E-state index < -0.39 is 11.8 Å². The number of methoxy groups -OCH3 is 2. The lowest BCUT2D eigenvalue weighted by atomic mass is 10.1. The Morgan fingerprint density at radius 2 is 1.51 bits per heavy atom. The fraction of sp³-hybridized carbons (Fsp3) is 0.121. The molecule has 1 atom stereocenters. The molecule has 10 heteroatoms. The number of amides is 3. The number of anilines is 2. The van der Waals surface area contributed by atoms with Crippen molar-refractivity contribution in [3.63, 3.8) is 0 Å². The van der Waals surface area contributed by atoms with Crippen LogP contribution >= 0.6 is 27.7 Å². The normalized spacial score (nSPS) is 11.7. The van der Waals surface area contributed by atoms with Crippen molar-refractivity contribution in [3.05, 3.63) is 118 Å². The molecule has 1 unspecified atom stereocenters. The molecule has 0 aliphatic carbocycles. The molecule has 4 aromatic carbocycles. The van der Waals surface area contributed by atoms with Gasteiger partial charge in [0.15, 0.2) is 11.5 Å². The van der Waals surface area contributed by atoms with Crippen molar-refractivity contribution >= 4 is 62.9 Å². The molecule has 4 rings (SSSR count). The second-order valence-electron chi connectivity index (χ2n) is 9.17. The van der Waals surface area contributed by atoms with Crippen molar-refractivity contribution < 1.29 is 23.9 Å². The molecule has 0 aliphatic rings. The Hall–Kier alpha value is -4.54. The van der Waals surface area contributed by atoms with Crippen molar-refractivity contribution in [3.8, 4) is 11.5 Å². The van der Waals surface area contributed by atoms with Gasteiger partial charge in [-0.3, -0.25) is 14.4 Å². The lowest BCUT2D eigenvalue weighted by molar-refractivity contribution is -0.115. The molecule has 0 aliphatic heterocycles. The lowest BCUT2D eigenvalue weighted by Crippen LogP contribution is -2.30. The highest BCUT2D eigenvalue weighted by molar-refractivity contribution is 9.10. The molecule has 0 fully saturated rings. The molecule has 0 saturated heterocycles. The van der Waals surface area contributed by atoms with E-state index >= 15 is 0 Å². The molecular weight excluding hydrogens is 630 g/mol. The maximum absolute atomic E-state index is 13.5. The van der Waals surface area contributed by atoms with Gasteiger partial charge in [0, 0.05) is 26.2 Å². The van der Waals surface area contributed by atoms with Crippen molar-refractivity contribution in [1.82, 2.24) is 5.32 Å². The van der Waals surface area contributed by atoms with E-state index in [2.05, 4.69) is 31.9 Å². The molecule has 0 spiro atoms. The van der Waals surface area contributed by atoms with Crippen LogP contribution in [0, 0.1) is 0 Å². The van der Waals surface area contributed by atoms with Gasteiger partial charge < -0.3 is 25.4 Å². The van der Waals surface area contributed by atoms with Gasteiger partial charge in [-0.2, -0.15) is 0 Å². The third-order valence-corrected chi connectivity index (χ3v) is 7.99. The van der Waals surface area contributed by atoms with E-state index in [0.717, 1.165) is 9.37 Å². The van der Waals surface area contributed by atoms with E-state index in [1.807, 2.05) is 43.3 Å². The standard InChI is InChI=1S/C33H30BrN3O5S/c1-21(31(38)36-27-14-8-7-13-26(27)34)43-25-18-16-24(17-19-25)35-33(40)28(37-32(39)22-10-5-4-6-11-22)20-23-12-9-15-29(41-2)30(23)42-3/h4-21H,1-3H3,(H,35,40)(H,36,38)(H,37,39)/b28-20-. The molecule has 0 saturated carbocycles. The number of halogens is 1. The number of carbonyl (C=O) groups is 3. The quantitative estimate of drug-likeness (QED) is 0.118. The predicted octanol–water partition coefficient (Wildman–Crippen LogP) is 7.00. The maximum atomic E-state index is 13.5. The summed E-state index contributed by atoms with van der Waals surface area (Å²) in [5, 5.41) is 8.12. The minimum Gasteiger partial charge on any atom is -0.493 e. The number of carbonyl (C=O) groups excluding carboxylic acids is 3. The number of para-hydroxylation sites is 2. The Morgan fingerprint density at radius 3 is 2.19 bits per heavy atom. The van der Waals surface area contributed by atoms with Crippen LogP contribution in [0.4, 0.5) is 11.4 Å². The van der Waals surface area contributed by atoms with Gasteiger partial charge >= 0.3 is 0 Å². The molecule has 0 heterocycles. The summed E-state index contributed by atoms with van der Waals surface area (Å²) in [6.45, 7) is 1.83. The average Bonchev–Trinajstić information content (AvgIpc) is 3.02. The highest BCUT2D eigenvalue weighted by Gasteiger charge is 2.18. The van der Waals surface area contributed by atoms with Crippen molar-refractivity contribution in [2.75, 3.05) is 24.9 Å². The second kappa shape index (κ2) is 15.1. The number of thioether (sulfide) groups is 1. The van der Waals surface area contributed by atoms with Crippen LogP contribution in [0.2, 0.25) is 0 Å². The number of rotatable bonds is 11. The zero-order chi connectivity index (χ0) is 30.8. The summed E-state index contributed by atoms with van der Waals surface area (Å²) >= 11 is 4.83. The SMILES string of the molecule is COc1cccc(/C=C(\NC(=O)c2ccccc2)C(=O)Nc2ccc(SC(C)C(=O)Nc3ccccc3Br)cc2)c1OC. The van der Waals surface area contributed by atoms with E-state index in [1.54, 1.807) is 60.7 Å². The Balaban J connectivity index is 1.50. The van der Waals surface area contributed by atoms with E-state index in [0.29, 0.717) is 34.0 Å². The molecule has 3 N–H and O–H groups in total. The molecule has 3 amide bonds. The summed E-state index contributed by atoms with van der Waals surface area (Å²) in [4.78, 5) is 40.0. The first-order valence-electron chi connectivity index (χ1n) is 13.2. The average molecular weight is 661 g/mol. The van der Waals surface area contributed by atoms with E-state index in [-0.39, 0.29) is 16.9 Å². The Labute approximate surface area is 263 Å². The van der Waals surface area contributed by atoms with Crippen LogP contribution < -0.4 is 25.4 Å². The highest BCUT2D eigenvalue weighted by atomic mass is 79.9. The van der Waals surface area contributed by atoms with Gasteiger partial charge in [-0.05, 0) is 83.5 Å². The third kappa shape index (κ3) is 8.50. The number of benzene rings is 4. The van der Waals surface area contributed by atoms with Crippen LogP contribution in [-0.4, -0.2) is 37.2 Å². The Bertz CT molecular complexity index is 1630. The van der Waals surface area contributed by atoms with Gasteiger partial charge in [0.05, 0.1) is 25.2 Å². The van der Waals surface area contributed by atoms with Gasteiger partial charge in [0.1, 0.15) is 5.70 Å². The summed E-state index contributed by atoms with van der Waals surface area (Å²) in [7, 11) is 3.02. The van der Waals surface area contributed by atoms with E-state index in [9.17, 15) is 14.4 Å². The highest BCUT2D eigenvalue weighted by Crippen LogP contribution is 2.32. The summed E-state index contributed by atoms with van der Waals surface area (Å²) in [5.74, 6) is -0.200. The largest absolute Gasteiger partial charge is 0.493 e. The number of hydrogen-bond donors (Lipinski definition) is 3. The van der Waals surface area contributed by atoms with Crippen LogP contribution in [-0.2, 0) is 9.59 Å². The number of ether oxygens (including phenoxy) is 2. The zero-order valence-corrected chi connectivity index (χ0v) is 26.1. The van der Waals surface area contributed by atoms with Gasteiger partial charge in [-0.15, -0.1) is 11.8 Å². The number of hydrogen-bond acceptors (Lipinski definition) is 6. The summed E-state index contributed by atoms with van der Waals surface area (Å²) in [6.07, 6.45) is 1.53. The lowest BCUT2D eigenvalue weighted by Gasteiger charge is -2.15. The fourth-order valence-corrected chi connectivity index (χ4v) is 5.24. The first-order valence-corrected chi connectivity index (χ1v) is 14.9. The molecule has 220 valence electrons. The topological polar surface area (TPSA) is 106 Å². The first-order chi connectivity index (χ1) is 20.8. The first kappa shape index (κ1) is 31.4. The van der Waals surface area contributed by atoms with Crippen LogP contribution in [0.1, 0.15) is 22.8 Å². The van der Waals surface area contributed by atoms with Gasteiger partial charge in [0.2, 0.25) is 5.91 Å². The monoisotopic (exact) mass is 659 g/mol. The summed E-state index contributed by atoms with van der Waals surface area (Å²) < 4.78 is 11.7. The predicted molar refractivity (Wildman–Crippen MR) is 175 cm³/mol. The van der Waals surface area contributed by atoms with Gasteiger partial charge in [0.25, 0.3) is 11.8 Å². The molecule has 8 nitrogen and oxygen atoms in total. The van der Waals surface area contributed by atoms with Gasteiger partial charge in [-0.1, -0.05) is 42.5 Å². The van der Waals surface area contributed by atoms with E-state index in [4.69, 9.17) is 9.47 Å². The second-order valence-corrected chi connectivity index (χ2v) is 11.4. The summed E-state index contributed by atoms with van der Waals surface area (Å²) in [6, 6.07) is 28.4. The fourth-order valence-electron chi connectivity index (χ4n) is 3.99. The van der Waals surface area contributed by atoms with Crippen LogP contribution in [0.3, 0.4) is 0 Å². The maximum Gasteiger partial charge on any atom is 0.272 e. The van der Waals surface area contributed by atoms with Gasteiger partial charge in [-0.25, -0.2) is 0 Å². The van der Waals surface area contributed by atoms with Crippen molar-refractivity contribution in [2.45, 2.75) is 17.1 Å². The zero-order valence-electron chi connectivity index (χ0n) is 23.7.